The minimum atomic E-state index is -3.16. The van der Waals surface area contributed by atoms with Gasteiger partial charge in [0.25, 0.3) is 0 Å². The molecule has 2 N–H and O–H groups in total. The summed E-state index contributed by atoms with van der Waals surface area (Å²) in [7, 11) is -3.16. The van der Waals surface area contributed by atoms with E-state index in [0.29, 0.717) is 26.2 Å². The topological polar surface area (TPSA) is 87.3 Å². The van der Waals surface area contributed by atoms with Crippen molar-refractivity contribution in [2.75, 3.05) is 37.8 Å². The van der Waals surface area contributed by atoms with Gasteiger partial charge in [-0.1, -0.05) is 0 Å². The third kappa shape index (κ3) is 3.34. The van der Waals surface area contributed by atoms with Gasteiger partial charge in [-0.3, -0.25) is 0 Å². The molecule has 8 heteroatoms. The number of anilines is 1. The molecule has 7 nitrogen and oxygen atoms in total. The molecule has 114 valence electrons. The Morgan fingerprint density at radius 2 is 2.33 bits per heavy atom. The number of rotatable bonds is 4. The lowest BCUT2D eigenvalue weighted by Crippen LogP contribution is -2.47. The van der Waals surface area contributed by atoms with Gasteiger partial charge < -0.3 is 15.0 Å². The molecule has 2 aromatic rings. The van der Waals surface area contributed by atoms with E-state index in [1.54, 1.807) is 0 Å². The molecule has 1 fully saturated rings. The van der Waals surface area contributed by atoms with Gasteiger partial charge in [0.1, 0.15) is 11.5 Å². The molecule has 2 aromatic heterocycles. The smallest absolute Gasteiger partial charge is 0.211 e. The number of morpholine rings is 1. The predicted octanol–water partition coefficient (Wildman–Crippen LogP) is 0.635. The van der Waals surface area contributed by atoms with Crippen molar-refractivity contribution in [2.24, 2.45) is 0 Å². The van der Waals surface area contributed by atoms with Crippen molar-refractivity contribution >= 4 is 26.9 Å². The molecule has 1 aliphatic heterocycles. The zero-order valence-corrected chi connectivity index (χ0v) is 12.6. The van der Waals surface area contributed by atoms with Gasteiger partial charge in [0.2, 0.25) is 10.0 Å². The van der Waals surface area contributed by atoms with Crippen LogP contribution in [0.25, 0.3) is 11.0 Å². The van der Waals surface area contributed by atoms with E-state index in [-0.39, 0.29) is 6.10 Å². The highest BCUT2D eigenvalue weighted by molar-refractivity contribution is 7.88. The fraction of sp³-hybridized carbons (Fsp3) is 0.462. The van der Waals surface area contributed by atoms with Crippen LogP contribution < -0.4 is 5.32 Å². The van der Waals surface area contributed by atoms with Crippen LogP contribution >= 0.6 is 0 Å². The highest BCUT2D eigenvalue weighted by atomic mass is 32.2. The molecular formula is C13H18N4O3S. The number of aromatic amines is 1. The molecule has 0 amide bonds. The maximum atomic E-state index is 11.6. The number of hydrogen-bond acceptors (Lipinski definition) is 5. The minimum absolute atomic E-state index is 0.172. The van der Waals surface area contributed by atoms with Gasteiger partial charge in [-0.2, -0.15) is 4.31 Å². The quantitative estimate of drug-likeness (QED) is 0.865. The zero-order chi connectivity index (χ0) is 14.9. The monoisotopic (exact) mass is 310 g/mol. The molecule has 0 saturated carbocycles. The number of pyridine rings is 1. The second kappa shape index (κ2) is 5.63. The van der Waals surface area contributed by atoms with E-state index in [2.05, 4.69) is 15.3 Å². The number of ether oxygens (including phenoxy) is 1. The summed E-state index contributed by atoms with van der Waals surface area (Å²) in [6.45, 7) is 1.73. The van der Waals surface area contributed by atoms with Crippen molar-refractivity contribution in [3.05, 3.63) is 24.4 Å². The molecule has 0 spiro atoms. The fourth-order valence-corrected chi connectivity index (χ4v) is 3.21. The van der Waals surface area contributed by atoms with Crippen LogP contribution in [0, 0.1) is 0 Å². The van der Waals surface area contributed by atoms with E-state index in [0.717, 1.165) is 16.9 Å². The molecule has 0 aliphatic carbocycles. The second-order valence-electron chi connectivity index (χ2n) is 5.11. The molecule has 1 saturated heterocycles. The standard InChI is InChI=1S/C13H18N4O3S/c1-21(18,19)17-6-7-20-11(9-17)8-15-12-3-2-10-4-5-14-13(10)16-12/h2-5,11H,6-9H2,1H3,(H2,14,15,16). The van der Waals surface area contributed by atoms with Gasteiger partial charge in [0.15, 0.2) is 0 Å². The number of aromatic nitrogens is 2. The normalized spacial score (nSPS) is 20.7. The Morgan fingerprint density at radius 1 is 1.48 bits per heavy atom. The number of fused-ring (bicyclic) bond motifs is 1. The summed E-state index contributed by atoms with van der Waals surface area (Å²) in [5.74, 6) is 0.741. The number of nitrogens with zero attached hydrogens (tertiary/aromatic N) is 2. The molecule has 1 unspecified atom stereocenters. The average Bonchev–Trinajstić information content (AvgIpc) is 2.92. The largest absolute Gasteiger partial charge is 0.374 e. The third-order valence-electron chi connectivity index (χ3n) is 3.49. The van der Waals surface area contributed by atoms with Gasteiger partial charge >= 0.3 is 0 Å². The van der Waals surface area contributed by atoms with Crippen molar-refractivity contribution in [2.45, 2.75) is 6.10 Å². The molecule has 0 bridgehead atoms. The maximum Gasteiger partial charge on any atom is 0.211 e. The van der Waals surface area contributed by atoms with Crippen LogP contribution in [0.5, 0.6) is 0 Å². The number of sulfonamides is 1. The van der Waals surface area contributed by atoms with E-state index in [1.807, 2.05) is 24.4 Å². The van der Waals surface area contributed by atoms with Crippen LogP contribution in [0.1, 0.15) is 0 Å². The number of H-pyrrole nitrogens is 1. The van der Waals surface area contributed by atoms with E-state index in [1.165, 1.54) is 10.6 Å². The lowest BCUT2D eigenvalue weighted by molar-refractivity contribution is 0.00701. The van der Waals surface area contributed by atoms with E-state index >= 15 is 0 Å². The lowest BCUT2D eigenvalue weighted by Gasteiger charge is -2.31. The Labute approximate surface area is 123 Å². The van der Waals surface area contributed by atoms with Crippen LogP contribution in [0.2, 0.25) is 0 Å². The first-order valence-corrected chi connectivity index (χ1v) is 8.62. The zero-order valence-electron chi connectivity index (χ0n) is 11.7. The van der Waals surface area contributed by atoms with Crippen molar-refractivity contribution in [3.8, 4) is 0 Å². The third-order valence-corrected chi connectivity index (χ3v) is 4.76. The summed E-state index contributed by atoms with van der Waals surface area (Å²) in [4.78, 5) is 7.49. The van der Waals surface area contributed by atoms with Gasteiger partial charge in [-0.15, -0.1) is 0 Å². The Balaban J connectivity index is 1.61. The molecular weight excluding hydrogens is 292 g/mol. The number of hydrogen-bond donors (Lipinski definition) is 2. The summed E-state index contributed by atoms with van der Waals surface area (Å²) in [6, 6.07) is 5.83. The Kier molecular flexibility index (Phi) is 3.83. The Hall–Kier alpha value is -1.64. The molecule has 0 radical (unpaired) electrons. The van der Waals surface area contributed by atoms with Gasteiger partial charge in [-0.05, 0) is 18.2 Å². The Morgan fingerprint density at radius 3 is 3.14 bits per heavy atom. The molecule has 21 heavy (non-hydrogen) atoms. The molecule has 1 atom stereocenters. The molecule has 1 aliphatic rings. The lowest BCUT2D eigenvalue weighted by atomic mass is 10.3. The van der Waals surface area contributed by atoms with E-state index in [4.69, 9.17) is 4.74 Å². The summed E-state index contributed by atoms with van der Waals surface area (Å²) in [6.07, 6.45) is 2.90. The first kappa shape index (κ1) is 14.3. The number of nitrogens with one attached hydrogen (secondary N) is 2. The van der Waals surface area contributed by atoms with Crippen molar-refractivity contribution in [3.63, 3.8) is 0 Å². The molecule has 3 rings (SSSR count). The van der Waals surface area contributed by atoms with Gasteiger partial charge in [-0.25, -0.2) is 13.4 Å². The fourth-order valence-electron chi connectivity index (χ4n) is 2.36. The van der Waals surface area contributed by atoms with E-state index in [9.17, 15) is 8.42 Å². The van der Waals surface area contributed by atoms with Crippen LogP contribution in [0.15, 0.2) is 24.4 Å². The summed E-state index contributed by atoms with van der Waals surface area (Å²) >= 11 is 0. The summed E-state index contributed by atoms with van der Waals surface area (Å²) in [5, 5.41) is 4.24. The van der Waals surface area contributed by atoms with Crippen molar-refractivity contribution in [1.29, 1.82) is 0 Å². The van der Waals surface area contributed by atoms with Gasteiger partial charge in [0.05, 0.1) is 19.0 Å². The predicted molar refractivity (Wildman–Crippen MR) is 80.7 cm³/mol. The van der Waals surface area contributed by atoms with Crippen LogP contribution in [0.3, 0.4) is 0 Å². The average molecular weight is 310 g/mol. The Bertz CT molecular complexity index is 728. The minimum Gasteiger partial charge on any atom is -0.374 e. The summed E-state index contributed by atoms with van der Waals surface area (Å²) in [5.41, 5.74) is 0.822. The first-order valence-electron chi connectivity index (χ1n) is 6.77. The van der Waals surface area contributed by atoms with Crippen LogP contribution in [-0.4, -0.2) is 61.3 Å². The molecule has 3 heterocycles. The van der Waals surface area contributed by atoms with Gasteiger partial charge in [0, 0.05) is 31.2 Å². The van der Waals surface area contributed by atoms with Crippen molar-refractivity contribution < 1.29 is 13.2 Å². The molecule has 0 aromatic carbocycles. The highest BCUT2D eigenvalue weighted by Crippen LogP contribution is 2.14. The SMILES string of the molecule is CS(=O)(=O)N1CCOC(CNc2ccc3cc[nH]c3n2)C1. The maximum absolute atomic E-state index is 11.6. The first-order chi connectivity index (χ1) is 10.0. The van der Waals surface area contributed by atoms with E-state index < -0.39 is 10.0 Å². The second-order valence-corrected chi connectivity index (χ2v) is 7.09. The van der Waals surface area contributed by atoms with Crippen molar-refractivity contribution in [1.82, 2.24) is 14.3 Å². The van der Waals surface area contributed by atoms with Crippen LogP contribution in [-0.2, 0) is 14.8 Å². The highest BCUT2D eigenvalue weighted by Gasteiger charge is 2.26. The van der Waals surface area contributed by atoms with Crippen LogP contribution in [0.4, 0.5) is 5.82 Å². The summed E-state index contributed by atoms with van der Waals surface area (Å²) < 4.78 is 30.2.